The van der Waals surface area contributed by atoms with E-state index in [2.05, 4.69) is 107 Å². The molecule has 4 aliphatic rings. The van der Waals surface area contributed by atoms with Gasteiger partial charge in [0.15, 0.2) is 31.1 Å². The standard InChI is InChI=1S/C28H33N8O8P.C27H31N8O8P.C25H33N8O7P/c1-16-32-8-9-36(16)45(40,41)43-15-22-21(37)13-23(44-22)35-14-18(25-26(35)33-28(29)34-27(25)39)5-4-10-42-24(38)11-17-6-7-19(30-2)12-20(17)31-3;1-15-31-6-7-35(15)44(39,40)42-14-21-20(36)12-22(43-21)34-13-16(23-24(34)32-27(28)33-25(23)37)5-4-8-41-26(38)17-9-18(29-2)11-19(10-17)30-3;1-16-27-6-7-33(16)41(36,37)39-14-20-19(34)11-21(40-20)32-12-17(22-23(26)28-15-29-24(22)32)5-4-10-38-25(35)18-13-30(2)8-9-31(18)3/h6-9,12,14,21-23,30-31,37H,10-11,13,15H2,1-3H3,(H,40,41)(H3,29,33,34,39);6-7,9-11,13,20-22,29-30,36H,8,12,14H2,1-3H3,(H,39,40)(H3,28,32,33,37);6-7,12,15,18-21,34H,8-11,13-14H2,1-3H3,(H,36,37)(H2,26,28,29)/p-3/t21-,22-,23-;20-,21-,22-;18?,19-,20-,21-/m111/s1. The Morgan fingerprint density at radius 3 is 1.42 bits per heavy atom. The molecule has 4 unspecified atom stereocenters. The topological polar surface area (TPSA) is 634 Å². The third kappa shape index (κ3) is 21.9. The van der Waals surface area contributed by atoms with Crippen LogP contribution in [0.4, 0.5) is 40.5 Å². The summed E-state index contributed by atoms with van der Waals surface area (Å²) in [4.78, 5) is 138. The number of hydrogen-bond donors (Lipinski definition) is 12. The smallest absolute Gasteiger partial charge is 0.339 e. The highest BCUT2D eigenvalue weighted by Crippen LogP contribution is 2.46. The second-order valence-corrected chi connectivity index (χ2v) is 34.9. The number of carbonyl (C=O) groups excluding carboxylic acids is 3. The number of anilines is 7. The Balaban J connectivity index is 0.000000166. The maximum Gasteiger partial charge on any atom is 0.339 e. The van der Waals surface area contributed by atoms with Crippen LogP contribution in [-0.4, -0.2) is 259 Å². The molecule has 13 heterocycles. The summed E-state index contributed by atoms with van der Waals surface area (Å²) in [6.07, 6.45) is 5.46. The number of nitrogens with one attached hydrogen (secondary N) is 6. The van der Waals surface area contributed by atoms with E-state index >= 15 is 0 Å². The molecule has 9 aromatic heterocycles. The Labute approximate surface area is 740 Å². The number of ether oxygens (including phenoxy) is 6. The molecule has 50 heteroatoms. The van der Waals surface area contributed by atoms with Gasteiger partial charge in [-0.3, -0.25) is 60.8 Å². The fraction of sp³-hybridized carbons (Fsp3) is 0.400. The Hall–Kier alpha value is -12.6. The lowest BCUT2D eigenvalue weighted by atomic mass is 10.1. The lowest BCUT2D eigenvalue weighted by molar-refractivity contribution is -0.206. The zero-order valence-electron chi connectivity index (χ0n) is 71.5. The van der Waals surface area contributed by atoms with Crippen LogP contribution in [0, 0.1) is 56.3 Å². The van der Waals surface area contributed by atoms with Crippen molar-refractivity contribution in [1.29, 1.82) is 0 Å². The number of H-pyrrole nitrogens is 2. The minimum Gasteiger partial charge on any atom is -0.761 e. The summed E-state index contributed by atoms with van der Waals surface area (Å²) in [7, 11) is -2.67. The number of carbonyl (C=O) groups is 3. The van der Waals surface area contributed by atoms with Crippen LogP contribution in [0.25, 0.3) is 33.1 Å². The highest BCUT2D eigenvalue weighted by atomic mass is 31.2. The first kappa shape index (κ1) is 94.9. The molecule has 47 nitrogen and oxygen atoms in total. The molecule has 4 fully saturated rings. The van der Waals surface area contributed by atoms with Gasteiger partial charge >= 0.3 is 17.9 Å². The third-order valence-corrected chi connectivity index (χ3v) is 25.7. The predicted molar refractivity (Wildman–Crippen MR) is 464 cm³/mol. The van der Waals surface area contributed by atoms with Gasteiger partial charge in [0.1, 0.15) is 78.3 Å². The highest BCUT2D eigenvalue weighted by molar-refractivity contribution is 7.50. The molecule has 11 aromatic rings. The van der Waals surface area contributed by atoms with Crippen molar-refractivity contribution < 1.29 is 100 Å². The van der Waals surface area contributed by atoms with Crippen LogP contribution in [0.3, 0.4) is 0 Å². The van der Waals surface area contributed by atoms with Gasteiger partial charge in [-0.15, -0.1) is 0 Å². The quantitative estimate of drug-likeness (QED) is 0.0155. The van der Waals surface area contributed by atoms with Crippen molar-refractivity contribution in [3.63, 3.8) is 0 Å². The normalized spacial score (nSPS) is 21.0. The average Bonchev–Trinajstić information content (AvgIpc) is 1.63. The Kier molecular flexibility index (Phi) is 29.9. The third-order valence-electron chi connectivity index (χ3n) is 21.4. The molecule has 0 aliphatic carbocycles. The minimum atomic E-state index is -4.53. The van der Waals surface area contributed by atoms with Crippen molar-refractivity contribution >= 4 is 115 Å². The van der Waals surface area contributed by atoms with Crippen LogP contribution in [-0.2, 0) is 71.7 Å². The van der Waals surface area contributed by atoms with Gasteiger partial charge in [-0.25, -0.2) is 29.7 Å². The number of piperazine rings is 1. The molecule has 2 aromatic carbocycles. The number of nitrogens with two attached hydrogens (primary N) is 3. The largest absolute Gasteiger partial charge is 0.761 e. The zero-order valence-corrected chi connectivity index (χ0v) is 74.2. The number of aromatic nitrogens is 15. The molecular formula is C80H94N24O23P3-3. The SMILES string of the molecule is CNc1cc(NC)cc(C(=O)OCC#Cc2cn([C@H]3C[C@@H](O)[C@@H](COP(=O)([O-])n4ccnc4C)O3)c3nc(N)[nH]c(=O)c23)c1.CNc1ccc(CC(=O)OCC#Cc2cn([C@H]3C[C@@H](O)[C@@H](COP(=O)([O-])n4ccnc4C)O3)c3nc(N)[nH]c(=O)c23)c(NC)c1.Cc1nccn1P(=O)([O-])OC[C@H]1O[C@@H](n2cc(C#CCOC(=O)C3CN(C)CCN3C)c3c(N)ncnc32)C[C@H]1O. The summed E-state index contributed by atoms with van der Waals surface area (Å²) >= 11 is 0. The predicted octanol–water partition coefficient (Wildman–Crippen LogP) is 0.840. The number of benzene rings is 2. The van der Waals surface area contributed by atoms with Gasteiger partial charge in [-0.1, -0.05) is 41.6 Å². The zero-order chi connectivity index (χ0) is 93.2. The average molecular weight is 1850 g/mol. The van der Waals surface area contributed by atoms with E-state index in [-0.39, 0.29) is 126 Å². The highest BCUT2D eigenvalue weighted by Gasteiger charge is 2.41. The molecular weight excluding hydrogens is 1760 g/mol. The summed E-state index contributed by atoms with van der Waals surface area (Å²) in [6, 6.07) is 10.3. The molecule has 4 aliphatic heterocycles. The number of nitrogens with zero attached hydrogens (tertiary/aromatic N) is 15. The van der Waals surface area contributed by atoms with Gasteiger partial charge in [0.2, 0.25) is 35.1 Å². The number of fused-ring (bicyclic) bond motifs is 3. The van der Waals surface area contributed by atoms with E-state index in [9.17, 15) is 67.7 Å². The van der Waals surface area contributed by atoms with E-state index in [0.717, 1.165) is 54.4 Å². The Bertz CT molecular complexity index is 6480. The van der Waals surface area contributed by atoms with Gasteiger partial charge in [0.05, 0.1) is 83.0 Å². The van der Waals surface area contributed by atoms with Crippen LogP contribution in [0.15, 0.2) is 108 Å². The van der Waals surface area contributed by atoms with E-state index in [1.54, 1.807) is 51.1 Å². The van der Waals surface area contributed by atoms with E-state index < -0.39 is 121 Å². The fourth-order valence-corrected chi connectivity index (χ4v) is 17.9. The van der Waals surface area contributed by atoms with E-state index in [1.165, 1.54) is 85.8 Å². The van der Waals surface area contributed by atoms with Gasteiger partial charge in [-0.2, -0.15) is 9.97 Å². The molecule has 4 saturated heterocycles. The number of imidazole rings is 3. The molecule has 0 bridgehead atoms. The number of rotatable bonds is 26. The lowest BCUT2D eigenvalue weighted by Crippen LogP contribution is -2.54. The molecule has 15 rings (SSSR count). The number of aliphatic hydroxyl groups excluding tert-OH is 3. The molecule has 690 valence electrons. The van der Waals surface area contributed by atoms with Crippen LogP contribution in [0.2, 0.25) is 0 Å². The number of likely N-dealkylation sites (N-methyl/N-ethyl adjacent to an activating group) is 2. The molecule has 0 spiro atoms. The van der Waals surface area contributed by atoms with Crippen LogP contribution >= 0.6 is 23.2 Å². The number of esters is 3. The lowest BCUT2D eigenvalue weighted by Gasteiger charge is -2.35. The number of aliphatic hydroxyl groups is 3. The van der Waals surface area contributed by atoms with E-state index in [4.69, 9.17) is 59.2 Å². The molecule has 13 atom stereocenters. The second kappa shape index (κ2) is 41.0. The molecule has 130 heavy (non-hydrogen) atoms. The first-order valence-corrected chi connectivity index (χ1v) is 44.7. The van der Waals surface area contributed by atoms with Crippen molar-refractivity contribution in [2.45, 2.75) is 108 Å². The monoisotopic (exact) mass is 1850 g/mol. The summed E-state index contributed by atoms with van der Waals surface area (Å²) in [6.45, 7) is 4.86. The fourth-order valence-electron chi connectivity index (χ4n) is 14.6. The maximum absolute atomic E-state index is 12.8. The first-order valence-electron chi connectivity index (χ1n) is 40.2. The van der Waals surface area contributed by atoms with Crippen LogP contribution in [0.1, 0.15) is 88.0 Å². The molecule has 0 saturated carbocycles. The maximum atomic E-state index is 12.8. The second-order valence-electron chi connectivity index (χ2n) is 30.0. The van der Waals surface area contributed by atoms with E-state index in [1.807, 2.05) is 43.3 Å². The van der Waals surface area contributed by atoms with Crippen molar-refractivity contribution in [3.05, 3.63) is 164 Å². The first-order chi connectivity index (χ1) is 62.0. The molecule has 0 radical (unpaired) electrons. The summed E-state index contributed by atoms with van der Waals surface area (Å²) in [5.41, 5.74) is 22.5. The minimum absolute atomic E-state index is 0.0278. The molecule has 15 N–H and O–H groups in total. The van der Waals surface area contributed by atoms with Gasteiger partial charge in [0, 0.05) is 146 Å². The van der Waals surface area contributed by atoms with Gasteiger partial charge in [-0.05, 0) is 70.8 Å². The van der Waals surface area contributed by atoms with Crippen molar-refractivity contribution in [3.8, 4) is 35.5 Å². The van der Waals surface area contributed by atoms with Gasteiger partial charge in [0.25, 0.3) is 11.1 Å². The number of aryl methyl sites for hydroxylation is 3. The number of nitrogen functional groups attached to an aromatic ring is 3. The number of aromatic amines is 2. The Morgan fingerprint density at radius 1 is 0.554 bits per heavy atom. The Morgan fingerprint density at radius 2 is 0.985 bits per heavy atom. The van der Waals surface area contributed by atoms with Crippen molar-refractivity contribution in [2.75, 3.05) is 140 Å². The van der Waals surface area contributed by atoms with E-state index in [0.29, 0.717) is 28.7 Å². The van der Waals surface area contributed by atoms with Gasteiger partial charge < -0.3 is 129 Å². The van der Waals surface area contributed by atoms with Crippen molar-refractivity contribution in [2.24, 2.45) is 0 Å². The van der Waals surface area contributed by atoms with Crippen LogP contribution < -0.4 is 64.3 Å². The molecule has 0 amide bonds. The summed E-state index contributed by atoms with van der Waals surface area (Å²) in [5, 5.41) is 44.7. The van der Waals surface area contributed by atoms with Crippen molar-refractivity contribution in [1.82, 2.24) is 81.4 Å². The van der Waals surface area contributed by atoms with Crippen LogP contribution in [0.5, 0.6) is 0 Å². The summed E-state index contributed by atoms with van der Waals surface area (Å²) in [5.74, 6) is 16.2. The number of hydrogen-bond acceptors (Lipinski definition) is 39. The summed E-state index contributed by atoms with van der Waals surface area (Å²) < 4.78 is 94.3.